The van der Waals surface area contributed by atoms with E-state index in [2.05, 4.69) is 15.5 Å². The number of hydrogen-bond acceptors (Lipinski definition) is 6. The van der Waals surface area contributed by atoms with Crippen molar-refractivity contribution in [2.75, 3.05) is 18.1 Å². The van der Waals surface area contributed by atoms with Crippen molar-refractivity contribution in [3.05, 3.63) is 18.2 Å². The molecule has 1 heterocycles. The van der Waals surface area contributed by atoms with Crippen LogP contribution in [0.25, 0.3) is 11.4 Å². The second kappa shape index (κ2) is 7.03. The van der Waals surface area contributed by atoms with Crippen molar-refractivity contribution >= 4 is 11.4 Å². The molecule has 0 amide bonds. The highest BCUT2D eigenvalue weighted by atomic mass is 16.5. The molecule has 114 valence electrons. The lowest BCUT2D eigenvalue weighted by Gasteiger charge is -2.08. The number of anilines is 2. The molecule has 2 aromatic rings. The molecule has 7 nitrogen and oxygen atoms in total. The van der Waals surface area contributed by atoms with Gasteiger partial charge in [0.25, 0.3) is 0 Å². The number of aromatic nitrogens is 4. The molecule has 4 N–H and O–H groups in total. The number of ether oxygens (including phenoxy) is 1. The third kappa shape index (κ3) is 4.42. The highest BCUT2D eigenvalue weighted by Crippen LogP contribution is 2.22. The summed E-state index contributed by atoms with van der Waals surface area (Å²) >= 11 is 0. The smallest absolute Gasteiger partial charge is 0.182 e. The molecule has 0 atom stereocenters. The highest BCUT2D eigenvalue weighted by Gasteiger charge is 2.10. The van der Waals surface area contributed by atoms with Gasteiger partial charge >= 0.3 is 0 Å². The molecule has 1 aromatic heterocycles. The summed E-state index contributed by atoms with van der Waals surface area (Å²) in [7, 11) is 0. The van der Waals surface area contributed by atoms with Gasteiger partial charge in [-0.1, -0.05) is 0 Å². The standard InChI is InChI=1S/C14H22N6O/c1-10(2)21-6-4-3-5-20-14(17-18-19-20)11-7-12(15)9-13(16)8-11/h7-10H,3-6,15-16H2,1-2H3. The first-order chi connectivity index (χ1) is 10.1. The molecule has 0 aliphatic rings. The Morgan fingerprint density at radius 1 is 1.14 bits per heavy atom. The van der Waals surface area contributed by atoms with Crippen molar-refractivity contribution in [1.82, 2.24) is 20.2 Å². The number of nitrogens with two attached hydrogens (primary N) is 2. The Morgan fingerprint density at radius 3 is 2.52 bits per heavy atom. The van der Waals surface area contributed by atoms with E-state index in [0.29, 0.717) is 17.2 Å². The number of aryl methyl sites for hydroxylation is 1. The van der Waals surface area contributed by atoms with Crippen molar-refractivity contribution in [3.63, 3.8) is 0 Å². The van der Waals surface area contributed by atoms with E-state index in [9.17, 15) is 0 Å². The van der Waals surface area contributed by atoms with Crippen LogP contribution in [0.15, 0.2) is 18.2 Å². The van der Waals surface area contributed by atoms with Crippen LogP contribution in [0.1, 0.15) is 26.7 Å². The molecule has 0 radical (unpaired) electrons. The molecule has 1 aromatic carbocycles. The number of unbranched alkanes of at least 4 members (excludes halogenated alkanes) is 1. The Labute approximate surface area is 124 Å². The summed E-state index contributed by atoms with van der Waals surface area (Å²) in [5.41, 5.74) is 13.7. The van der Waals surface area contributed by atoms with Gasteiger partial charge in [-0.2, -0.15) is 0 Å². The first-order valence-electron chi connectivity index (χ1n) is 7.10. The maximum Gasteiger partial charge on any atom is 0.182 e. The van der Waals surface area contributed by atoms with E-state index in [4.69, 9.17) is 16.2 Å². The van der Waals surface area contributed by atoms with Crippen molar-refractivity contribution in [2.24, 2.45) is 0 Å². The fourth-order valence-corrected chi connectivity index (χ4v) is 2.05. The zero-order valence-corrected chi connectivity index (χ0v) is 12.5. The van der Waals surface area contributed by atoms with Gasteiger partial charge in [0.1, 0.15) is 0 Å². The summed E-state index contributed by atoms with van der Waals surface area (Å²) in [5.74, 6) is 0.679. The molecule has 0 saturated heterocycles. The van der Waals surface area contributed by atoms with Gasteiger partial charge < -0.3 is 16.2 Å². The molecule has 0 aliphatic carbocycles. The second-order valence-electron chi connectivity index (χ2n) is 5.24. The molecule has 0 saturated carbocycles. The third-order valence-electron chi connectivity index (χ3n) is 2.98. The molecule has 0 bridgehead atoms. The molecule has 0 fully saturated rings. The monoisotopic (exact) mass is 290 g/mol. The Morgan fingerprint density at radius 2 is 1.86 bits per heavy atom. The predicted octanol–water partition coefficient (Wildman–Crippen LogP) is 1.71. The number of hydrogen-bond donors (Lipinski definition) is 2. The van der Waals surface area contributed by atoms with Crippen molar-refractivity contribution in [3.8, 4) is 11.4 Å². The van der Waals surface area contributed by atoms with E-state index in [0.717, 1.165) is 31.6 Å². The van der Waals surface area contributed by atoms with Crippen LogP contribution in [0.2, 0.25) is 0 Å². The first kappa shape index (κ1) is 15.2. The number of tetrazole rings is 1. The van der Waals surface area contributed by atoms with Crippen LogP contribution in [-0.4, -0.2) is 32.9 Å². The van der Waals surface area contributed by atoms with Gasteiger partial charge in [-0.15, -0.1) is 5.10 Å². The van der Waals surface area contributed by atoms with Crippen molar-refractivity contribution < 1.29 is 4.74 Å². The van der Waals surface area contributed by atoms with Gasteiger partial charge in [0.2, 0.25) is 0 Å². The lowest BCUT2D eigenvalue weighted by molar-refractivity contribution is 0.0753. The topological polar surface area (TPSA) is 105 Å². The Bertz CT molecular complexity index is 560. The van der Waals surface area contributed by atoms with Crippen LogP contribution in [0, 0.1) is 0 Å². The van der Waals surface area contributed by atoms with Gasteiger partial charge in [-0.3, -0.25) is 0 Å². The summed E-state index contributed by atoms with van der Waals surface area (Å²) in [6.45, 7) is 5.55. The average Bonchev–Trinajstić information content (AvgIpc) is 2.85. The second-order valence-corrected chi connectivity index (χ2v) is 5.24. The Balaban J connectivity index is 1.98. The number of benzene rings is 1. The van der Waals surface area contributed by atoms with Crippen LogP contribution in [0.4, 0.5) is 11.4 Å². The van der Waals surface area contributed by atoms with Crippen molar-refractivity contribution in [1.29, 1.82) is 0 Å². The SMILES string of the molecule is CC(C)OCCCCn1nnnc1-c1cc(N)cc(N)c1. The number of rotatable bonds is 7. The van der Waals surface area contributed by atoms with Gasteiger partial charge in [-0.05, 0) is 55.3 Å². The minimum Gasteiger partial charge on any atom is -0.399 e. The van der Waals surface area contributed by atoms with E-state index in [1.807, 2.05) is 26.0 Å². The highest BCUT2D eigenvalue weighted by molar-refractivity contribution is 5.67. The van der Waals surface area contributed by atoms with E-state index in [1.165, 1.54) is 0 Å². The minimum atomic E-state index is 0.267. The summed E-state index contributed by atoms with van der Waals surface area (Å²) in [6.07, 6.45) is 2.18. The van der Waals surface area contributed by atoms with E-state index in [1.54, 1.807) is 10.7 Å². The van der Waals surface area contributed by atoms with E-state index < -0.39 is 0 Å². The van der Waals surface area contributed by atoms with Crippen molar-refractivity contribution in [2.45, 2.75) is 39.3 Å². The average molecular weight is 290 g/mol. The van der Waals surface area contributed by atoms with Crippen LogP contribution >= 0.6 is 0 Å². The normalized spacial score (nSPS) is 11.2. The first-order valence-corrected chi connectivity index (χ1v) is 7.10. The molecular weight excluding hydrogens is 268 g/mol. The van der Waals surface area contributed by atoms with Crippen LogP contribution in [0.5, 0.6) is 0 Å². The lowest BCUT2D eigenvalue weighted by atomic mass is 10.1. The zero-order chi connectivity index (χ0) is 15.2. The lowest BCUT2D eigenvalue weighted by Crippen LogP contribution is -2.07. The fourth-order valence-electron chi connectivity index (χ4n) is 2.05. The Kier molecular flexibility index (Phi) is 5.10. The molecule has 21 heavy (non-hydrogen) atoms. The van der Waals surface area contributed by atoms with Crippen LogP contribution < -0.4 is 11.5 Å². The molecule has 0 spiro atoms. The quantitative estimate of drug-likeness (QED) is 0.594. The molecule has 7 heteroatoms. The van der Waals surface area contributed by atoms with Crippen LogP contribution in [0.3, 0.4) is 0 Å². The van der Waals surface area contributed by atoms with Gasteiger partial charge in [0, 0.05) is 30.1 Å². The number of nitrogens with zero attached hydrogens (tertiary/aromatic N) is 4. The molecular formula is C14H22N6O. The number of nitrogen functional groups attached to an aromatic ring is 2. The minimum absolute atomic E-state index is 0.267. The van der Waals surface area contributed by atoms with Gasteiger partial charge in [-0.25, -0.2) is 4.68 Å². The summed E-state index contributed by atoms with van der Waals surface area (Å²) in [5, 5.41) is 11.8. The predicted molar refractivity (Wildman–Crippen MR) is 82.4 cm³/mol. The largest absolute Gasteiger partial charge is 0.399 e. The fraction of sp³-hybridized carbons (Fsp3) is 0.500. The molecule has 0 aliphatic heterocycles. The molecule has 0 unspecified atom stereocenters. The summed E-state index contributed by atoms with van der Waals surface area (Å²) in [4.78, 5) is 0. The zero-order valence-electron chi connectivity index (χ0n) is 12.5. The van der Waals surface area contributed by atoms with E-state index >= 15 is 0 Å². The molecule has 2 rings (SSSR count). The maximum atomic E-state index is 5.81. The summed E-state index contributed by atoms with van der Waals surface area (Å²) in [6, 6.07) is 5.35. The third-order valence-corrected chi connectivity index (χ3v) is 2.98. The maximum absolute atomic E-state index is 5.81. The van der Waals surface area contributed by atoms with Gasteiger partial charge in [0.05, 0.1) is 6.10 Å². The van der Waals surface area contributed by atoms with Crippen LogP contribution in [-0.2, 0) is 11.3 Å². The van der Waals surface area contributed by atoms with E-state index in [-0.39, 0.29) is 6.10 Å². The summed E-state index contributed by atoms with van der Waals surface area (Å²) < 4.78 is 7.28. The Hall–Kier alpha value is -2.15. The van der Waals surface area contributed by atoms with Gasteiger partial charge in [0.15, 0.2) is 5.82 Å².